The molecule has 1 heterocycles. The molecule has 28 heavy (non-hydrogen) atoms. The standard InChI is InChI=1S/C23H24F3NO/c1-16-8-4-6-10-19(16)21(2,3)15-22(28,23(24,25)26)14-17-12-13-27-20-11-7-5-9-18(17)20/h4-13,28H,14-15H2,1-3H3. The van der Waals surface area contributed by atoms with Crippen LogP contribution in [0.4, 0.5) is 13.2 Å². The molecule has 0 fully saturated rings. The Balaban J connectivity index is 2.03. The van der Waals surface area contributed by atoms with E-state index in [2.05, 4.69) is 4.98 Å². The molecule has 0 amide bonds. The van der Waals surface area contributed by atoms with Crippen LogP contribution in [-0.2, 0) is 11.8 Å². The first kappa shape index (κ1) is 20.3. The molecule has 2 aromatic carbocycles. The first-order valence-corrected chi connectivity index (χ1v) is 9.21. The number of rotatable bonds is 5. The van der Waals surface area contributed by atoms with Crippen molar-refractivity contribution in [3.8, 4) is 0 Å². The van der Waals surface area contributed by atoms with Gasteiger partial charge in [0.05, 0.1) is 5.52 Å². The van der Waals surface area contributed by atoms with Gasteiger partial charge in [0.1, 0.15) is 0 Å². The fraction of sp³-hybridized carbons (Fsp3) is 0.348. The van der Waals surface area contributed by atoms with Crippen LogP contribution < -0.4 is 0 Å². The Morgan fingerprint density at radius 1 is 0.929 bits per heavy atom. The molecule has 148 valence electrons. The molecule has 0 aliphatic heterocycles. The summed E-state index contributed by atoms with van der Waals surface area (Å²) in [7, 11) is 0. The summed E-state index contributed by atoms with van der Waals surface area (Å²) in [6, 6.07) is 16.0. The molecular formula is C23H24F3NO. The third-order valence-electron chi connectivity index (χ3n) is 5.36. The number of hydrogen-bond donors (Lipinski definition) is 1. The van der Waals surface area contributed by atoms with Crippen molar-refractivity contribution in [2.24, 2.45) is 0 Å². The molecule has 1 aromatic heterocycles. The highest BCUT2D eigenvalue weighted by Crippen LogP contribution is 2.44. The zero-order valence-electron chi connectivity index (χ0n) is 16.2. The summed E-state index contributed by atoms with van der Waals surface area (Å²) in [5.74, 6) is 0. The highest BCUT2D eigenvalue weighted by molar-refractivity contribution is 5.81. The summed E-state index contributed by atoms with van der Waals surface area (Å²) in [5.41, 5.74) is -0.959. The van der Waals surface area contributed by atoms with Crippen molar-refractivity contribution in [3.05, 3.63) is 77.5 Å². The fourth-order valence-electron chi connectivity index (χ4n) is 4.05. The van der Waals surface area contributed by atoms with Crippen molar-refractivity contribution in [1.29, 1.82) is 0 Å². The minimum Gasteiger partial charge on any atom is -0.380 e. The van der Waals surface area contributed by atoms with Crippen LogP contribution in [0, 0.1) is 6.92 Å². The number of alkyl halides is 3. The first-order chi connectivity index (χ1) is 13.0. The molecule has 0 aliphatic carbocycles. The lowest BCUT2D eigenvalue weighted by Crippen LogP contribution is -2.51. The van der Waals surface area contributed by atoms with E-state index in [1.807, 2.05) is 31.2 Å². The minimum absolute atomic E-state index is 0.436. The number of benzene rings is 2. The monoisotopic (exact) mass is 387 g/mol. The molecule has 5 heteroatoms. The predicted octanol–water partition coefficient (Wildman–Crippen LogP) is 5.75. The van der Waals surface area contributed by atoms with Gasteiger partial charge >= 0.3 is 6.18 Å². The number of halogens is 3. The molecule has 0 saturated heterocycles. The Labute approximate surface area is 163 Å². The van der Waals surface area contributed by atoms with Gasteiger partial charge in [0, 0.05) is 18.0 Å². The quantitative estimate of drug-likeness (QED) is 0.605. The van der Waals surface area contributed by atoms with Crippen molar-refractivity contribution in [2.45, 2.75) is 50.8 Å². The van der Waals surface area contributed by atoms with Gasteiger partial charge in [0.25, 0.3) is 0 Å². The Morgan fingerprint density at radius 3 is 2.25 bits per heavy atom. The van der Waals surface area contributed by atoms with E-state index >= 15 is 0 Å². The van der Waals surface area contributed by atoms with Gasteiger partial charge in [0.15, 0.2) is 5.60 Å². The summed E-state index contributed by atoms with van der Waals surface area (Å²) >= 11 is 0. The minimum atomic E-state index is -4.77. The fourth-order valence-corrected chi connectivity index (χ4v) is 4.05. The van der Waals surface area contributed by atoms with E-state index in [1.54, 1.807) is 44.2 Å². The maximum Gasteiger partial charge on any atom is 0.417 e. The number of para-hydroxylation sites is 1. The van der Waals surface area contributed by atoms with Crippen LogP contribution in [0.2, 0.25) is 0 Å². The Morgan fingerprint density at radius 2 is 1.57 bits per heavy atom. The van der Waals surface area contributed by atoms with E-state index in [0.29, 0.717) is 16.5 Å². The van der Waals surface area contributed by atoms with E-state index in [1.165, 1.54) is 6.20 Å². The van der Waals surface area contributed by atoms with Gasteiger partial charge in [-0.15, -0.1) is 0 Å². The second kappa shape index (κ2) is 7.21. The molecule has 1 N–H and O–H groups in total. The van der Waals surface area contributed by atoms with Crippen LogP contribution in [0.3, 0.4) is 0 Å². The van der Waals surface area contributed by atoms with Crippen molar-refractivity contribution >= 4 is 10.9 Å². The molecule has 3 rings (SSSR count). The summed E-state index contributed by atoms with van der Waals surface area (Å²) in [6.45, 7) is 5.37. The SMILES string of the molecule is Cc1ccccc1C(C)(C)CC(O)(Cc1ccnc2ccccc12)C(F)(F)F. The van der Waals surface area contributed by atoms with Crippen LogP contribution in [0.15, 0.2) is 60.8 Å². The Hall–Kier alpha value is -2.40. The number of nitrogens with zero attached hydrogens (tertiary/aromatic N) is 1. The van der Waals surface area contributed by atoms with E-state index in [4.69, 9.17) is 0 Å². The van der Waals surface area contributed by atoms with Crippen LogP contribution >= 0.6 is 0 Å². The summed E-state index contributed by atoms with van der Waals surface area (Å²) in [6.07, 6.45) is -4.24. The molecule has 0 spiro atoms. The smallest absolute Gasteiger partial charge is 0.380 e. The lowest BCUT2D eigenvalue weighted by Gasteiger charge is -2.39. The third kappa shape index (κ3) is 3.90. The zero-order valence-corrected chi connectivity index (χ0v) is 16.2. The lowest BCUT2D eigenvalue weighted by molar-refractivity contribution is -0.266. The summed E-state index contributed by atoms with van der Waals surface area (Å²) < 4.78 is 42.2. The van der Waals surface area contributed by atoms with Crippen LogP contribution in [-0.4, -0.2) is 21.9 Å². The number of fused-ring (bicyclic) bond motifs is 1. The number of aryl methyl sites for hydroxylation is 1. The van der Waals surface area contributed by atoms with Gasteiger partial charge in [-0.05, 0) is 47.6 Å². The molecule has 1 unspecified atom stereocenters. The van der Waals surface area contributed by atoms with E-state index in [-0.39, 0.29) is 0 Å². The van der Waals surface area contributed by atoms with Crippen LogP contribution in [0.25, 0.3) is 10.9 Å². The van der Waals surface area contributed by atoms with Gasteiger partial charge in [-0.25, -0.2) is 0 Å². The Bertz CT molecular complexity index is 975. The summed E-state index contributed by atoms with van der Waals surface area (Å²) in [5, 5.41) is 11.5. The van der Waals surface area contributed by atoms with Crippen molar-refractivity contribution in [2.75, 3.05) is 0 Å². The molecular weight excluding hydrogens is 363 g/mol. The molecule has 2 nitrogen and oxygen atoms in total. The maximum absolute atomic E-state index is 14.1. The van der Waals surface area contributed by atoms with E-state index in [0.717, 1.165) is 11.1 Å². The molecule has 0 saturated carbocycles. The average Bonchev–Trinajstić information content (AvgIpc) is 2.61. The van der Waals surface area contributed by atoms with Crippen LogP contribution in [0.5, 0.6) is 0 Å². The lowest BCUT2D eigenvalue weighted by atomic mass is 9.72. The maximum atomic E-state index is 14.1. The van der Waals surface area contributed by atoms with Gasteiger partial charge in [-0.3, -0.25) is 4.98 Å². The number of hydrogen-bond acceptors (Lipinski definition) is 2. The van der Waals surface area contributed by atoms with Crippen LogP contribution in [0.1, 0.15) is 37.0 Å². The highest BCUT2D eigenvalue weighted by Gasteiger charge is 2.56. The third-order valence-corrected chi connectivity index (χ3v) is 5.36. The van der Waals surface area contributed by atoms with Gasteiger partial charge in [-0.1, -0.05) is 56.3 Å². The molecule has 3 aromatic rings. The second-order valence-electron chi connectivity index (χ2n) is 8.07. The van der Waals surface area contributed by atoms with Crippen molar-refractivity contribution in [1.82, 2.24) is 4.98 Å². The van der Waals surface area contributed by atoms with E-state index < -0.39 is 30.0 Å². The molecule has 0 radical (unpaired) electrons. The second-order valence-corrected chi connectivity index (χ2v) is 8.07. The molecule has 0 aliphatic rings. The largest absolute Gasteiger partial charge is 0.417 e. The van der Waals surface area contributed by atoms with Crippen molar-refractivity contribution in [3.63, 3.8) is 0 Å². The number of aliphatic hydroxyl groups is 1. The molecule has 1 atom stereocenters. The Kier molecular flexibility index (Phi) is 5.24. The summed E-state index contributed by atoms with van der Waals surface area (Å²) in [4.78, 5) is 4.20. The molecule has 0 bridgehead atoms. The average molecular weight is 387 g/mol. The van der Waals surface area contributed by atoms with Gasteiger partial charge in [-0.2, -0.15) is 13.2 Å². The number of aromatic nitrogens is 1. The normalized spacial score (nSPS) is 14.8. The van der Waals surface area contributed by atoms with Crippen molar-refractivity contribution < 1.29 is 18.3 Å². The topological polar surface area (TPSA) is 33.1 Å². The first-order valence-electron chi connectivity index (χ1n) is 9.21. The van der Waals surface area contributed by atoms with Gasteiger partial charge in [0.2, 0.25) is 0 Å². The van der Waals surface area contributed by atoms with E-state index in [9.17, 15) is 18.3 Å². The number of pyridine rings is 1. The zero-order chi connectivity index (χ0) is 20.6. The highest BCUT2D eigenvalue weighted by atomic mass is 19.4. The van der Waals surface area contributed by atoms with Gasteiger partial charge < -0.3 is 5.11 Å². The predicted molar refractivity (Wildman–Crippen MR) is 105 cm³/mol.